The number of anilines is 3. The Morgan fingerprint density at radius 1 is 0.750 bits per heavy atom. The average Bonchev–Trinajstić information content (AvgIpc) is 3.03. The Balaban J connectivity index is 0.000000170. The number of aryl methyl sites for hydroxylation is 2. The minimum absolute atomic E-state index is 0.292. The van der Waals surface area contributed by atoms with Crippen molar-refractivity contribution in [1.29, 1.82) is 0 Å². The van der Waals surface area contributed by atoms with E-state index in [1.54, 1.807) is 6.20 Å². The van der Waals surface area contributed by atoms with Crippen LogP contribution in [0.5, 0.6) is 0 Å². The Labute approximate surface area is 213 Å². The highest BCUT2D eigenvalue weighted by atomic mass is 16.7. The molecule has 0 saturated carbocycles. The largest absolute Gasteiger partial charge is 0.495 e. The summed E-state index contributed by atoms with van der Waals surface area (Å²) in [5, 5.41) is 0.966. The molecule has 0 aliphatic carbocycles. The maximum atomic E-state index is 6.01. The third kappa shape index (κ3) is 5.15. The second kappa shape index (κ2) is 9.45. The molecule has 0 radical (unpaired) electrons. The molecule has 0 bridgehead atoms. The van der Waals surface area contributed by atoms with Crippen LogP contribution in [0.2, 0.25) is 0 Å². The van der Waals surface area contributed by atoms with Crippen molar-refractivity contribution < 1.29 is 9.31 Å². The van der Waals surface area contributed by atoms with Crippen LogP contribution in [0.4, 0.5) is 17.3 Å². The van der Waals surface area contributed by atoms with E-state index in [1.165, 1.54) is 5.56 Å². The first kappa shape index (κ1) is 25.5. The minimum atomic E-state index is -0.330. The van der Waals surface area contributed by atoms with Gasteiger partial charge in [-0.25, -0.2) is 9.97 Å². The summed E-state index contributed by atoms with van der Waals surface area (Å²) in [7, 11) is -0.330. The summed E-state index contributed by atoms with van der Waals surface area (Å²) in [6, 6.07) is 17.8. The van der Waals surface area contributed by atoms with Crippen LogP contribution in [-0.4, -0.2) is 28.3 Å². The van der Waals surface area contributed by atoms with Gasteiger partial charge in [-0.1, -0.05) is 23.8 Å². The van der Waals surface area contributed by atoms with Gasteiger partial charge in [0.15, 0.2) is 0 Å². The molecule has 1 saturated heterocycles. The van der Waals surface area contributed by atoms with Gasteiger partial charge in [0.25, 0.3) is 0 Å². The predicted octanol–water partition coefficient (Wildman–Crippen LogP) is 4.65. The molecule has 8 heteroatoms. The molecule has 1 aliphatic rings. The highest BCUT2D eigenvalue weighted by Gasteiger charge is 2.52. The molecule has 0 spiro atoms. The smallest absolute Gasteiger partial charge is 0.399 e. The molecule has 186 valence electrons. The Hall–Kier alpha value is -3.62. The van der Waals surface area contributed by atoms with Crippen LogP contribution >= 0.6 is 0 Å². The Bertz CT molecular complexity index is 1400. The van der Waals surface area contributed by atoms with Crippen LogP contribution in [0.1, 0.15) is 38.8 Å². The lowest BCUT2D eigenvalue weighted by Crippen LogP contribution is -2.41. The second-order valence-electron chi connectivity index (χ2n) is 10.3. The summed E-state index contributed by atoms with van der Waals surface area (Å²) in [4.78, 5) is 8.22. The molecular weight excluding hydrogens is 449 g/mol. The molecule has 5 rings (SSSR count). The summed E-state index contributed by atoms with van der Waals surface area (Å²) in [5.41, 5.74) is 24.5. The standard InChI is InChI=1S/C15H14N4.C13H20BNO2/c1-9-2-4-12(16)7-13(9)10-3-5-14-11(6-10)8-18-15(17)19-14;1-9-6-7-10(15)8-11(9)14-16-12(2,3)13(4,5)17-14/h2-8H,16H2,1H3,(H2,17,18,19);6-8H,15H2,1-5H3. The molecule has 1 aromatic heterocycles. The zero-order valence-corrected chi connectivity index (χ0v) is 21.8. The van der Waals surface area contributed by atoms with Crippen molar-refractivity contribution in [3.63, 3.8) is 0 Å². The molecule has 36 heavy (non-hydrogen) atoms. The lowest BCUT2D eigenvalue weighted by molar-refractivity contribution is 0.00578. The van der Waals surface area contributed by atoms with Crippen LogP contribution in [0, 0.1) is 13.8 Å². The number of nitrogens with zero attached hydrogens (tertiary/aromatic N) is 2. The number of rotatable bonds is 2. The number of hydrogen-bond acceptors (Lipinski definition) is 7. The van der Waals surface area contributed by atoms with Gasteiger partial charge < -0.3 is 26.5 Å². The van der Waals surface area contributed by atoms with Crippen molar-refractivity contribution in [3.8, 4) is 11.1 Å². The number of fused-ring (bicyclic) bond motifs is 1. The van der Waals surface area contributed by atoms with E-state index in [-0.39, 0.29) is 18.3 Å². The van der Waals surface area contributed by atoms with E-state index in [1.807, 2.05) is 55.5 Å². The highest BCUT2D eigenvalue weighted by molar-refractivity contribution is 6.62. The topological polar surface area (TPSA) is 122 Å². The third-order valence-corrected chi connectivity index (χ3v) is 6.98. The van der Waals surface area contributed by atoms with Gasteiger partial charge in [0.05, 0.1) is 16.7 Å². The van der Waals surface area contributed by atoms with E-state index < -0.39 is 0 Å². The molecule has 4 aromatic rings. The van der Waals surface area contributed by atoms with Crippen LogP contribution < -0.4 is 22.7 Å². The fourth-order valence-corrected chi connectivity index (χ4v) is 4.05. The van der Waals surface area contributed by atoms with E-state index in [2.05, 4.69) is 50.7 Å². The number of nitrogen functional groups attached to an aromatic ring is 3. The van der Waals surface area contributed by atoms with Crippen LogP contribution in [0.3, 0.4) is 0 Å². The van der Waals surface area contributed by atoms with E-state index in [0.717, 1.165) is 44.4 Å². The molecular formula is C28H34BN5O2. The molecule has 3 aromatic carbocycles. The van der Waals surface area contributed by atoms with E-state index in [4.69, 9.17) is 26.5 Å². The zero-order valence-electron chi connectivity index (χ0n) is 21.8. The Morgan fingerprint density at radius 2 is 1.36 bits per heavy atom. The van der Waals surface area contributed by atoms with E-state index in [0.29, 0.717) is 5.95 Å². The van der Waals surface area contributed by atoms with Crippen LogP contribution in [0.15, 0.2) is 60.8 Å². The fraction of sp³-hybridized carbons (Fsp3) is 0.286. The molecule has 0 amide bonds. The summed E-state index contributed by atoms with van der Waals surface area (Å²) in [6.07, 6.45) is 1.74. The van der Waals surface area contributed by atoms with Gasteiger partial charge in [0.1, 0.15) is 0 Å². The zero-order chi connectivity index (χ0) is 26.3. The Morgan fingerprint density at radius 3 is 2.03 bits per heavy atom. The first-order chi connectivity index (χ1) is 16.9. The first-order valence-corrected chi connectivity index (χ1v) is 12.0. The van der Waals surface area contributed by atoms with Crippen molar-refractivity contribution in [3.05, 3.63) is 71.9 Å². The molecule has 1 fully saturated rings. The molecule has 0 atom stereocenters. The van der Waals surface area contributed by atoms with E-state index >= 15 is 0 Å². The van der Waals surface area contributed by atoms with Gasteiger partial charge >= 0.3 is 7.12 Å². The SMILES string of the molecule is Cc1ccc(N)cc1-c1ccc2nc(N)ncc2c1.Cc1ccc(N)cc1B1OC(C)(C)C(C)(C)O1. The fourth-order valence-electron chi connectivity index (χ4n) is 4.05. The normalized spacial score (nSPS) is 16.0. The third-order valence-electron chi connectivity index (χ3n) is 6.98. The minimum Gasteiger partial charge on any atom is -0.399 e. The average molecular weight is 483 g/mol. The maximum absolute atomic E-state index is 6.01. The molecule has 6 N–H and O–H groups in total. The van der Waals surface area contributed by atoms with Crippen molar-refractivity contribution in [2.24, 2.45) is 0 Å². The van der Waals surface area contributed by atoms with Crippen molar-refractivity contribution in [2.45, 2.75) is 52.7 Å². The summed E-state index contributed by atoms with van der Waals surface area (Å²) >= 11 is 0. The van der Waals surface area contributed by atoms with Gasteiger partial charge in [-0.2, -0.15) is 0 Å². The molecule has 2 heterocycles. The molecule has 0 unspecified atom stereocenters. The predicted molar refractivity (Wildman–Crippen MR) is 150 cm³/mol. The monoisotopic (exact) mass is 483 g/mol. The lowest BCUT2D eigenvalue weighted by Gasteiger charge is -2.32. The van der Waals surface area contributed by atoms with Gasteiger partial charge in [-0.05, 0) is 100 Å². The molecule has 7 nitrogen and oxygen atoms in total. The maximum Gasteiger partial charge on any atom is 0.495 e. The lowest BCUT2D eigenvalue weighted by atomic mass is 9.76. The van der Waals surface area contributed by atoms with Crippen molar-refractivity contribution >= 4 is 40.8 Å². The quantitative estimate of drug-likeness (QED) is 0.280. The number of aromatic nitrogens is 2. The summed E-state index contributed by atoms with van der Waals surface area (Å²) in [5.74, 6) is 0.292. The van der Waals surface area contributed by atoms with E-state index in [9.17, 15) is 0 Å². The number of benzene rings is 3. The molecule has 1 aliphatic heterocycles. The van der Waals surface area contributed by atoms with Gasteiger partial charge in [-0.3, -0.25) is 0 Å². The van der Waals surface area contributed by atoms with Crippen LogP contribution in [-0.2, 0) is 9.31 Å². The van der Waals surface area contributed by atoms with Gasteiger partial charge in [-0.15, -0.1) is 0 Å². The van der Waals surface area contributed by atoms with Crippen molar-refractivity contribution in [2.75, 3.05) is 17.2 Å². The van der Waals surface area contributed by atoms with Crippen LogP contribution in [0.25, 0.3) is 22.0 Å². The van der Waals surface area contributed by atoms with Gasteiger partial charge in [0.2, 0.25) is 5.95 Å². The number of nitrogens with two attached hydrogens (primary N) is 3. The second-order valence-corrected chi connectivity index (χ2v) is 10.3. The summed E-state index contributed by atoms with van der Waals surface area (Å²) in [6.45, 7) is 12.3. The van der Waals surface area contributed by atoms with Gasteiger partial charge in [0, 0.05) is 23.0 Å². The Kier molecular flexibility index (Phi) is 6.68. The van der Waals surface area contributed by atoms with Crippen molar-refractivity contribution in [1.82, 2.24) is 9.97 Å². The highest BCUT2D eigenvalue weighted by Crippen LogP contribution is 2.36. The first-order valence-electron chi connectivity index (χ1n) is 12.0. The summed E-state index contributed by atoms with van der Waals surface area (Å²) < 4.78 is 12.0. The number of hydrogen-bond donors (Lipinski definition) is 3.